The zero-order valence-corrected chi connectivity index (χ0v) is 13.5. The van der Waals surface area contributed by atoms with Crippen LogP contribution in [0.2, 0.25) is 0 Å². The van der Waals surface area contributed by atoms with Crippen LogP contribution in [0.15, 0.2) is 54.6 Å². The summed E-state index contributed by atoms with van der Waals surface area (Å²) in [5, 5.41) is 7.42. The maximum absolute atomic E-state index is 11.2. The molecule has 0 aliphatic heterocycles. The van der Waals surface area contributed by atoms with Crippen molar-refractivity contribution >= 4 is 16.1 Å². The predicted octanol–water partition coefficient (Wildman–Crippen LogP) is 2.98. The molecule has 0 radical (unpaired) electrons. The lowest BCUT2D eigenvalue weighted by atomic mass is 10.0. The molecule has 7 heteroatoms. The molecule has 0 aromatic heterocycles. The van der Waals surface area contributed by atoms with E-state index in [4.69, 9.17) is 19.2 Å². The Hall–Kier alpha value is -2.22. The van der Waals surface area contributed by atoms with Crippen LogP contribution in [0.3, 0.4) is 0 Å². The summed E-state index contributed by atoms with van der Waals surface area (Å²) in [7, 11) is -3.05. The van der Waals surface area contributed by atoms with Gasteiger partial charge in [-0.25, -0.2) is 0 Å². The number of carboxylic acid groups (broad SMARTS) is 1. The maximum atomic E-state index is 11.2. The Morgan fingerprint density at radius 3 is 2.04 bits per heavy atom. The van der Waals surface area contributed by atoms with Gasteiger partial charge in [0.05, 0.1) is 0 Å². The molecule has 0 heterocycles. The number of rotatable bonds is 4. The fraction of sp³-hybridized carbons (Fsp3) is 0.188. The molecule has 0 saturated carbocycles. The highest BCUT2D eigenvalue weighted by Gasteiger charge is 2.24. The number of benzene rings is 2. The minimum Gasteiger partial charge on any atom is -0.481 e. The zero-order chi connectivity index (χ0) is 17.5. The molecule has 6 nitrogen and oxygen atoms in total. The van der Waals surface area contributed by atoms with E-state index in [2.05, 4.69) is 0 Å². The molecule has 0 amide bonds. The summed E-state index contributed by atoms with van der Waals surface area (Å²) in [5.74, 6) is -0.833. The molecule has 0 bridgehead atoms. The monoisotopic (exact) mass is 338 g/mol. The van der Waals surface area contributed by atoms with Gasteiger partial charge in [-0.05, 0) is 22.8 Å². The van der Waals surface area contributed by atoms with Gasteiger partial charge in [-0.3, -0.25) is 9.35 Å². The van der Waals surface area contributed by atoms with Crippen molar-refractivity contribution in [1.82, 2.24) is 0 Å². The van der Waals surface area contributed by atoms with Gasteiger partial charge >= 0.3 is 0 Å². The molecule has 2 rings (SSSR count). The Bertz CT molecular complexity index is 736. The van der Waals surface area contributed by atoms with E-state index in [0.29, 0.717) is 5.56 Å². The highest BCUT2D eigenvalue weighted by Crippen LogP contribution is 2.27. The predicted molar refractivity (Wildman–Crippen MR) is 86.5 cm³/mol. The summed E-state index contributed by atoms with van der Waals surface area (Å²) in [5.41, 5.74) is 0.862. The first kappa shape index (κ1) is 18.8. The third kappa shape index (κ3) is 6.19. The van der Waals surface area contributed by atoms with Crippen molar-refractivity contribution < 1.29 is 27.6 Å². The van der Waals surface area contributed by atoms with Crippen molar-refractivity contribution in [3.8, 4) is 11.1 Å². The average Bonchev–Trinajstić information content (AvgIpc) is 2.47. The lowest BCUT2D eigenvalue weighted by Gasteiger charge is -2.13. The molecule has 1 unspecified atom stereocenters. The van der Waals surface area contributed by atoms with E-state index in [1.54, 1.807) is 18.2 Å². The van der Waals surface area contributed by atoms with Gasteiger partial charge in [0, 0.05) is 14.0 Å². The van der Waals surface area contributed by atoms with Crippen LogP contribution in [-0.4, -0.2) is 31.2 Å². The van der Waals surface area contributed by atoms with Crippen LogP contribution >= 0.6 is 0 Å². The number of aliphatic carboxylic acids is 1. The molecular formula is C16H18O6S. The largest absolute Gasteiger partial charge is 0.481 e. The van der Waals surface area contributed by atoms with E-state index in [-0.39, 0.29) is 0 Å². The summed E-state index contributed by atoms with van der Waals surface area (Å²) in [6.45, 7) is 1.08. The third-order valence-electron chi connectivity index (χ3n) is 2.75. The molecule has 0 saturated heterocycles. The molecule has 0 aliphatic rings. The Kier molecular flexibility index (Phi) is 6.89. The van der Waals surface area contributed by atoms with E-state index in [1.165, 1.54) is 7.11 Å². The quantitative estimate of drug-likeness (QED) is 0.831. The fourth-order valence-corrected chi connectivity index (χ4v) is 2.66. The molecule has 23 heavy (non-hydrogen) atoms. The first-order valence-electron chi connectivity index (χ1n) is 6.59. The van der Waals surface area contributed by atoms with E-state index in [1.807, 2.05) is 36.4 Å². The Morgan fingerprint density at radius 2 is 1.57 bits per heavy atom. The van der Waals surface area contributed by atoms with E-state index in [9.17, 15) is 8.42 Å². The van der Waals surface area contributed by atoms with Gasteiger partial charge in [-0.2, -0.15) is 8.42 Å². The SMILES string of the molecule is CC(=O)O.COC(c1cccc(-c2ccccc2)c1)S(=O)(=O)O. The number of carbonyl (C=O) groups is 1. The van der Waals surface area contributed by atoms with Gasteiger partial charge in [-0.15, -0.1) is 0 Å². The van der Waals surface area contributed by atoms with Gasteiger partial charge in [-0.1, -0.05) is 48.5 Å². The highest BCUT2D eigenvalue weighted by atomic mass is 32.2. The van der Waals surface area contributed by atoms with Crippen molar-refractivity contribution in [3.05, 3.63) is 60.2 Å². The van der Waals surface area contributed by atoms with Crippen LogP contribution in [0, 0.1) is 0 Å². The highest BCUT2D eigenvalue weighted by molar-refractivity contribution is 7.85. The summed E-state index contributed by atoms with van der Waals surface area (Å²) in [6, 6.07) is 16.5. The molecular weight excluding hydrogens is 320 g/mol. The number of methoxy groups -OCH3 is 1. The summed E-state index contributed by atoms with van der Waals surface area (Å²) in [4.78, 5) is 9.00. The Labute approximate surface area is 135 Å². The van der Waals surface area contributed by atoms with Crippen LogP contribution in [-0.2, 0) is 19.6 Å². The van der Waals surface area contributed by atoms with Gasteiger partial charge in [0.25, 0.3) is 16.1 Å². The van der Waals surface area contributed by atoms with Gasteiger partial charge in [0.1, 0.15) is 0 Å². The van der Waals surface area contributed by atoms with E-state index < -0.39 is 21.5 Å². The average molecular weight is 338 g/mol. The molecule has 0 spiro atoms. The molecule has 124 valence electrons. The van der Waals surface area contributed by atoms with Gasteiger partial charge < -0.3 is 9.84 Å². The summed E-state index contributed by atoms with van der Waals surface area (Å²) in [6.07, 6.45) is 0. The molecule has 0 fully saturated rings. The van der Waals surface area contributed by atoms with Crippen molar-refractivity contribution in [2.75, 3.05) is 7.11 Å². The smallest absolute Gasteiger partial charge is 0.300 e. The van der Waals surface area contributed by atoms with Gasteiger partial charge in [0.2, 0.25) is 5.44 Å². The van der Waals surface area contributed by atoms with Crippen LogP contribution in [0.1, 0.15) is 17.9 Å². The number of carboxylic acids is 1. The summed E-state index contributed by atoms with van der Waals surface area (Å²) >= 11 is 0. The Balaban J connectivity index is 0.000000593. The van der Waals surface area contributed by atoms with E-state index in [0.717, 1.165) is 18.1 Å². The fourth-order valence-electron chi connectivity index (χ4n) is 1.93. The van der Waals surface area contributed by atoms with Crippen molar-refractivity contribution in [3.63, 3.8) is 0 Å². The van der Waals surface area contributed by atoms with Crippen molar-refractivity contribution in [1.29, 1.82) is 0 Å². The standard InChI is InChI=1S/C14H14O4S.C2H4O2/c1-18-14(19(15,16)17)13-9-5-8-12(10-13)11-6-3-2-4-7-11;1-2(3)4/h2-10,14H,1H3,(H,15,16,17);1H3,(H,3,4). The zero-order valence-electron chi connectivity index (χ0n) is 12.7. The lowest BCUT2D eigenvalue weighted by molar-refractivity contribution is -0.134. The van der Waals surface area contributed by atoms with Gasteiger partial charge in [0.15, 0.2) is 0 Å². The lowest BCUT2D eigenvalue weighted by Crippen LogP contribution is -2.13. The first-order chi connectivity index (χ1) is 10.8. The van der Waals surface area contributed by atoms with E-state index >= 15 is 0 Å². The molecule has 2 aromatic carbocycles. The molecule has 2 aromatic rings. The van der Waals surface area contributed by atoms with Crippen LogP contribution in [0.25, 0.3) is 11.1 Å². The van der Waals surface area contributed by atoms with Crippen LogP contribution in [0.5, 0.6) is 0 Å². The minimum atomic E-state index is -4.29. The Morgan fingerprint density at radius 1 is 1.04 bits per heavy atom. The minimum absolute atomic E-state index is 0.395. The summed E-state index contributed by atoms with van der Waals surface area (Å²) < 4.78 is 36.5. The third-order valence-corrected chi connectivity index (χ3v) is 3.76. The molecule has 0 aliphatic carbocycles. The maximum Gasteiger partial charge on any atom is 0.300 e. The van der Waals surface area contributed by atoms with Crippen molar-refractivity contribution in [2.45, 2.75) is 12.4 Å². The second kappa shape index (κ2) is 8.42. The number of ether oxygens (including phenoxy) is 1. The number of hydrogen-bond acceptors (Lipinski definition) is 4. The normalized spacial score (nSPS) is 12.0. The van der Waals surface area contributed by atoms with Crippen LogP contribution in [0.4, 0.5) is 0 Å². The van der Waals surface area contributed by atoms with Crippen LogP contribution < -0.4 is 0 Å². The molecule has 1 atom stereocenters. The first-order valence-corrected chi connectivity index (χ1v) is 8.10. The van der Waals surface area contributed by atoms with Crippen molar-refractivity contribution in [2.24, 2.45) is 0 Å². The second-order valence-corrected chi connectivity index (χ2v) is 6.05. The topological polar surface area (TPSA) is 101 Å². The second-order valence-electron chi connectivity index (χ2n) is 4.59. The number of hydrogen-bond donors (Lipinski definition) is 2. The molecule has 2 N–H and O–H groups in total.